The predicted octanol–water partition coefficient (Wildman–Crippen LogP) is 5.44. The van der Waals surface area contributed by atoms with Crippen LogP contribution in [0.4, 0.5) is 11.6 Å². The number of nitrogens with zero attached hydrogens (tertiary/aromatic N) is 3. The number of aromatic amines is 1. The van der Waals surface area contributed by atoms with Gasteiger partial charge in [-0.3, -0.25) is 9.69 Å². The predicted molar refractivity (Wildman–Crippen MR) is 145 cm³/mol. The summed E-state index contributed by atoms with van der Waals surface area (Å²) >= 11 is 1.39. The number of nitrogens with one attached hydrogen (secondary N) is 1. The van der Waals surface area contributed by atoms with Crippen molar-refractivity contribution >= 4 is 51.4 Å². The molecular weight excluding hydrogens is 472 g/mol. The van der Waals surface area contributed by atoms with E-state index in [9.17, 15) is 4.79 Å². The number of hydrogen-bond donors (Lipinski definition) is 1. The molecule has 0 bridgehead atoms. The summed E-state index contributed by atoms with van der Waals surface area (Å²) in [5, 5.41) is 1.86. The highest BCUT2D eigenvalue weighted by atomic mass is 32.2. The second-order valence-corrected chi connectivity index (χ2v) is 9.69. The molecule has 0 radical (unpaired) electrons. The van der Waals surface area contributed by atoms with Crippen molar-refractivity contribution in [2.75, 3.05) is 37.7 Å². The lowest BCUT2D eigenvalue weighted by atomic mass is 10.1. The number of benzene rings is 2. The monoisotopic (exact) mass is 498 g/mol. The Morgan fingerprint density at radius 1 is 1.00 bits per heavy atom. The van der Waals surface area contributed by atoms with Crippen molar-refractivity contribution in [2.24, 2.45) is 4.99 Å². The van der Waals surface area contributed by atoms with Crippen LogP contribution in [-0.4, -0.2) is 53.8 Å². The van der Waals surface area contributed by atoms with E-state index >= 15 is 0 Å². The molecule has 1 amide bonds. The van der Waals surface area contributed by atoms with E-state index in [2.05, 4.69) is 22.0 Å². The van der Waals surface area contributed by atoms with E-state index in [4.69, 9.17) is 14.1 Å². The Morgan fingerprint density at radius 2 is 1.81 bits per heavy atom. The van der Waals surface area contributed by atoms with Gasteiger partial charge in [0.1, 0.15) is 5.76 Å². The molecule has 2 aliphatic rings. The number of amides is 1. The maximum Gasteiger partial charge on any atom is 0.266 e. The summed E-state index contributed by atoms with van der Waals surface area (Å²) in [4.78, 5) is 26.2. The van der Waals surface area contributed by atoms with Gasteiger partial charge in [0.15, 0.2) is 11.1 Å². The third-order valence-electron chi connectivity index (χ3n) is 6.36. The van der Waals surface area contributed by atoms with Gasteiger partial charge in [0.05, 0.1) is 23.8 Å². The van der Waals surface area contributed by atoms with Crippen LogP contribution < -0.4 is 4.90 Å². The number of fused-ring (bicyclic) bond motifs is 1. The lowest BCUT2D eigenvalue weighted by Gasteiger charge is -2.26. The topological polar surface area (TPSA) is 74.1 Å². The highest BCUT2D eigenvalue weighted by Gasteiger charge is 2.33. The molecule has 4 aromatic rings. The molecule has 4 heterocycles. The van der Waals surface area contributed by atoms with Crippen molar-refractivity contribution in [2.45, 2.75) is 6.42 Å². The number of hydrogen-bond acceptors (Lipinski definition) is 6. The zero-order valence-corrected chi connectivity index (χ0v) is 20.5. The number of carbonyl (C=O) groups is 1. The number of amidine groups is 1. The first-order valence-corrected chi connectivity index (χ1v) is 12.9. The number of aromatic nitrogens is 1. The van der Waals surface area contributed by atoms with Crippen LogP contribution in [0.5, 0.6) is 0 Å². The normalized spacial score (nSPS) is 18.7. The minimum Gasteiger partial charge on any atom is -0.441 e. The minimum absolute atomic E-state index is 0.0566. The fourth-order valence-electron chi connectivity index (χ4n) is 4.47. The van der Waals surface area contributed by atoms with Gasteiger partial charge in [-0.25, -0.2) is 4.99 Å². The molecule has 7 nitrogen and oxygen atoms in total. The van der Waals surface area contributed by atoms with Crippen LogP contribution in [0.25, 0.3) is 17.0 Å². The highest BCUT2D eigenvalue weighted by Crippen LogP contribution is 2.35. The Hall–Kier alpha value is -3.75. The number of thioether (sulfide) groups is 1. The summed E-state index contributed by atoms with van der Waals surface area (Å²) in [6.07, 6.45) is 4.57. The molecule has 0 spiro atoms. The Labute approximate surface area is 213 Å². The van der Waals surface area contributed by atoms with Gasteiger partial charge in [-0.1, -0.05) is 36.4 Å². The average molecular weight is 499 g/mol. The summed E-state index contributed by atoms with van der Waals surface area (Å²) in [5.74, 6) is 1.40. The van der Waals surface area contributed by atoms with Gasteiger partial charge >= 0.3 is 0 Å². The second kappa shape index (κ2) is 10.1. The number of aliphatic imine (C=N–C) groups is 1. The summed E-state index contributed by atoms with van der Waals surface area (Å²) in [5.41, 5.74) is 3.10. The standard InChI is InChI=1S/C28H26N4O3S/c33-27-25(18-22-10-11-26(35-22)31-14-16-34-17-15-31)36-28(30-21-6-2-1-3-7-21)32(27)13-12-20-19-29-24-9-5-4-8-23(20)24/h1-11,18-19,29H,12-17H2/b25-18+,30-28?. The average Bonchev–Trinajstić information content (AvgIpc) is 3.63. The molecule has 1 N–H and O–H groups in total. The zero-order chi connectivity index (χ0) is 24.3. The second-order valence-electron chi connectivity index (χ2n) is 8.68. The maximum atomic E-state index is 13.5. The van der Waals surface area contributed by atoms with Crippen molar-refractivity contribution in [3.05, 3.63) is 89.2 Å². The van der Waals surface area contributed by atoms with Gasteiger partial charge in [-0.05, 0) is 48.0 Å². The van der Waals surface area contributed by atoms with E-state index < -0.39 is 0 Å². The number of anilines is 1. The molecule has 2 fully saturated rings. The smallest absolute Gasteiger partial charge is 0.266 e. The van der Waals surface area contributed by atoms with Crippen LogP contribution >= 0.6 is 11.8 Å². The van der Waals surface area contributed by atoms with Gasteiger partial charge < -0.3 is 19.0 Å². The number of para-hydroxylation sites is 2. The van der Waals surface area contributed by atoms with Crippen LogP contribution in [0, 0.1) is 0 Å². The van der Waals surface area contributed by atoms with E-state index in [-0.39, 0.29) is 5.91 Å². The van der Waals surface area contributed by atoms with Crippen molar-refractivity contribution in [3.8, 4) is 0 Å². The quantitative estimate of drug-likeness (QED) is 0.358. The van der Waals surface area contributed by atoms with Crippen molar-refractivity contribution in [1.29, 1.82) is 0 Å². The van der Waals surface area contributed by atoms with Crippen LogP contribution in [0.1, 0.15) is 11.3 Å². The van der Waals surface area contributed by atoms with Crippen molar-refractivity contribution in [1.82, 2.24) is 9.88 Å². The Balaban J connectivity index is 1.26. The molecule has 182 valence electrons. The lowest BCUT2D eigenvalue weighted by molar-refractivity contribution is -0.122. The SMILES string of the molecule is O=C1/C(=C\c2ccc(N3CCOCC3)o2)SC(=Nc2ccccc2)N1CCc1c[nH]c2ccccc12. The molecule has 0 saturated carbocycles. The number of H-pyrrole nitrogens is 1. The fraction of sp³-hybridized carbons (Fsp3) is 0.214. The Morgan fingerprint density at radius 3 is 2.67 bits per heavy atom. The van der Waals surface area contributed by atoms with Gasteiger partial charge in [0.2, 0.25) is 0 Å². The van der Waals surface area contributed by atoms with E-state index in [1.54, 1.807) is 4.90 Å². The number of ether oxygens (including phenoxy) is 1. The fourth-order valence-corrected chi connectivity index (χ4v) is 5.48. The van der Waals surface area contributed by atoms with Gasteiger partial charge in [-0.15, -0.1) is 0 Å². The molecule has 0 aliphatic carbocycles. The lowest BCUT2D eigenvalue weighted by Crippen LogP contribution is -2.35. The number of carbonyl (C=O) groups excluding carboxylic acids is 1. The molecule has 2 aliphatic heterocycles. The van der Waals surface area contributed by atoms with E-state index in [1.807, 2.05) is 66.9 Å². The van der Waals surface area contributed by atoms with Crippen molar-refractivity contribution in [3.63, 3.8) is 0 Å². The largest absolute Gasteiger partial charge is 0.441 e. The van der Waals surface area contributed by atoms with Crippen LogP contribution in [0.3, 0.4) is 0 Å². The first kappa shape index (κ1) is 22.7. The molecule has 2 aromatic carbocycles. The first-order chi connectivity index (χ1) is 17.7. The summed E-state index contributed by atoms with van der Waals surface area (Å²) in [6.45, 7) is 3.51. The van der Waals surface area contributed by atoms with Gasteiger partial charge in [0, 0.05) is 48.9 Å². The molecule has 8 heteroatoms. The molecule has 2 saturated heterocycles. The van der Waals surface area contributed by atoms with Crippen LogP contribution in [0.15, 0.2) is 87.2 Å². The summed E-state index contributed by atoms with van der Waals surface area (Å²) in [6, 6.07) is 21.8. The maximum absolute atomic E-state index is 13.5. The van der Waals surface area contributed by atoms with Crippen LogP contribution in [-0.2, 0) is 16.0 Å². The molecular formula is C28H26N4O3S. The first-order valence-electron chi connectivity index (χ1n) is 12.1. The Kier molecular flexibility index (Phi) is 6.36. The molecule has 0 atom stereocenters. The molecule has 36 heavy (non-hydrogen) atoms. The van der Waals surface area contributed by atoms with Gasteiger partial charge in [-0.2, -0.15) is 0 Å². The van der Waals surface area contributed by atoms with Crippen LogP contribution in [0.2, 0.25) is 0 Å². The summed E-state index contributed by atoms with van der Waals surface area (Å²) in [7, 11) is 0. The van der Waals surface area contributed by atoms with Gasteiger partial charge in [0.25, 0.3) is 5.91 Å². The summed E-state index contributed by atoms with van der Waals surface area (Å²) < 4.78 is 11.5. The minimum atomic E-state index is -0.0566. The molecule has 0 unspecified atom stereocenters. The van der Waals surface area contributed by atoms with E-state index in [0.717, 1.165) is 36.6 Å². The highest BCUT2D eigenvalue weighted by molar-refractivity contribution is 8.18. The van der Waals surface area contributed by atoms with E-state index in [0.29, 0.717) is 35.6 Å². The third kappa shape index (κ3) is 4.69. The molecule has 2 aromatic heterocycles. The van der Waals surface area contributed by atoms with Crippen molar-refractivity contribution < 1.29 is 13.9 Å². The number of morpholine rings is 1. The number of furan rings is 1. The third-order valence-corrected chi connectivity index (χ3v) is 7.36. The Bertz CT molecular complexity index is 1430. The number of rotatable bonds is 6. The van der Waals surface area contributed by atoms with E-state index in [1.165, 1.54) is 22.7 Å². The zero-order valence-electron chi connectivity index (χ0n) is 19.7. The molecule has 6 rings (SSSR count).